The molecule has 1 aliphatic heterocycles. The molecule has 2 heterocycles. The average Bonchev–Trinajstić information content (AvgIpc) is 2.80. The number of aromatic nitrogens is 2. The minimum absolute atomic E-state index is 0.586. The Balaban J connectivity index is 2.14. The molecule has 1 aromatic carbocycles. The monoisotopic (exact) mass is 227 g/mol. The molecule has 0 aliphatic carbocycles. The minimum Gasteiger partial charge on any atom is -0.399 e. The van der Waals surface area contributed by atoms with E-state index in [1.54, 1.807) is 18.5 Å². The topological polar surface area (TPSA) is 92.7 Å². The summed E-state index contributed by atoms with van der Waals surface area (Å²) in [5, 5.41) is 11.0. The van der Waals surface area contributed by atoms with Crippen LogP contribution in [0.3, 0.4) is 0 Å². The molecular weight excluding hydrogens is 214 g/mol. The molecule has 2 aromatic rings. The van der Waals surface area contributed by atoms with Crippen molar-refractivity contribution >= 4 is 10.9 Å². The number of nitrogens with zero attached hydrogens (tertiary/aromatic N) is 1. The predicted octanol–water partition coefficient (Wildman–Crippen LogP) is 0.634. The maximum Gasteiger partial charge on any atom is 0.153 e. The lowest BCUT2D eigenvalue weighted by molar-refractivity contribution is 0.457. The number of dihydropyridines is 1. The molecular formula is C12H13N5. The number of hydrogen-bond donors (Lipinski definition) is 4. The molecule has 0 bridgehead atoms. The Kier molecular flexibility index (Phi) is 1.96. The van der Waals surface area contributed by atoms with Gasteiger partial charge in [0.25, 0.3) is 0 Å². The van der Waals surface area contributed by atoms with Crippen molar-refractivity contribution in [2.45, 2.75) is 5.66 Å². The van der Waals surface area contributed by atoms with Crippen LogP contribution in [0.15, 0.2) is 48.4 Å². The third-order valence-electron chi connectivity index (χ3n) is 3.03. The van der Waals surface area contributed by atoms with Crippen LogP contribution in [0.5, 0.6) is 0 Å². The van der Waals surface area contributed by atoms with E-state index >= 15 is 0 Å². The number of aromatic amines is 1. The standard InChI is InChI=1S/C12H13N5/c13-11-2-1-5-15-12(11,14)9-3-4-10-8(6-9)7-16-17-10/h1-7,15H,13-14H2,(H,16,17). The first kappa shape index (κ1) is 9.92. The second-order valence-electron chi connectivity index (χ2n) is 4.11. The first-order valence-corrected chi connectivity index (χ1v) is 5.33. The molecule has 17 heavy (non-hydrogen) atoms. The SMILES string of the molecule is NC1=CC=CNC1(N)c1ccc2[nH]ncc2c1. The highest BCUT2D eigenvalue weighted by molar-refractivity contribution is 5.79. The molecule has 3 rings (SSSR count). The van der Waals surface area contributed by atoms with E-state index in [0.717, 1.165) is 16.5 Å². The first-order valence-electron chi connectivity index (χ1n) is 5.33. The van der Waals surface area contributed by atoms with Crippen LogP contribution in [0.1, 0.15) is 5.56 Å². The maximum atomic E-state index is 6.30. The Labute approximate surface area is 98.2 Å². The van der Waals surface area contributed by atoms with Crippen LogP contribution in [-0.2, 0) is 5.66 Å². The molecule has 6 N–H and O–H groups in total. The van der Waals surface area contributed by atoms with Crippen LogP contribution in [0.2, 0.25) is 0 Å². The normalized spacial score (nSPS) is 23.5. The molecule has 5 nitrogen and oxygen atoms in total. The van der Waals surface area contributed by atoms with Crippen molar-refractivity contribution in [1.29, 1.82) is 0 Å². The zero-order chi connectivity index (χ0) is 11.9. The number of H-pyrrole nitrogens is 1. The van der Waals surface area contributed by atoms with Gasteiger partial charge in [0, 0.05) is 5.39 Å². The van der Waals surface area contributed by atoms with Crippen LogP contribution in [-0.4, -0.2) is 10.2 Å². The molecule has 0 saturated heterocycles. The van der Waals surface area contributed by atoms with E-state index in [2.05, 4.69) is 15.5 Å². The number of allylic oxidation sites excluding steroid dienone is 2. The van der Waals surface area contributed by atoms with Crippen molar-refractivity contribution < 1.29 is 0 Å². The van der Waals surface area contributed by atoms with Gasteiger partial charge in [0.2, 0.25) is 0 Å². The Morgan fingerprint density at radius 3 is 3.00 bits per heavy atom. The molecule has 0 spiro atoms. The third kappa shape index (κ3) is 1.40. The van der Waals surface area contributed by atoms with Crippen molar-refractivity contribution in [3.05, 3.63) is 54.0 Å². The van der Waals surface area contributed by atoms with Gasteiger partial charge in [-0.2, -0.15) is 5.10 Å². The number of nitrogens with one attached hydrogen (secondary N) is 2. The lowest BCUT2D eigenvalue weighted by Crippen LogP contribution is -2.53. The summed E-state index contributed by atoms with van der Waals surface area (Å²) in [4.78, 5) is 0. The number of nitrogens with two attached hydrogens (primary N) is 2. The van der Waals surface area contributed by atoms with Crippen molar-refractivity contribution in [2.24, 2.45) is 11.5 Å². The van der Waals surface area contributed by atoms with E-state index in [0.29, 0.717) is 5.70 Å². The summed E-state index contributed by atoms with van der Waals surface area (Å²) in [6, 6.07) is 5.86. The summed E-state index contributed by atoms with van der Waals surface area (Å²) >= 11 is 0. The second kappa shape index (κ2) is 3.36. The highest BCUT2D eigenvalue weighted by Gasteiger charge is 2.30. The van der Waals surface area contributed by atoms with E-state index in [-0.39, 0.29) is 0 Å². The van der Waals surface area contributed by atoms with Gasteiger partial charge in [-0.3, -0.25) is 10.8 Å². The highest BCUT2D eigenvalue weighted by Crippen LogP contribution is 2.25. The number of hydrogen-bond acceptors (Lipinski definition) is 4. The lowest BCUT2D eigenvalue weighted by Gasteiger charge is -2.32. The Morgan fingerprint density at radius 1 is 1.29 bits per heavy atom. The number of rotatable bonds is 1. The summed E-state index contributed by atoms with van der Waals surface area (Å²) in [7, 11) is 0. The fraction of sp³-hybridized carbons (Fsp3) is 0.0833. The van der Waals surface area contributed by atoms with Gasteiger partial charge in [-0.15, -0.1) is 0 Å². The number of benzene rings is 1. The molecule has 1 unspecified atom stereocenters. The van der Waals surface area contributed by atoms with Crippen LogP contribution < -0.4 is 16.8 Å². The number of fused-ring (bicyclic) bond motifs is 1. The Morgan fingerprint density at radius 2 is 2.18 bits per heavy atom. The van der Waals surface area contributed by atoms with Gasteiger partial charge < -0.3 is 11.1 Å². The summed E-state index contributed by atoms with van der Waals surface area (Å²) in [5.41, 5.74) is 13.9. The van der Waals surface area contributed by atoms with E-state index in [9.17, 15) is 0 Å². The van der Waals surface area contributed by atoms with Crippen molar-refractivity contribution in [1.82, 2.24) is 15.5 Å². The van der Waals surface area contributed by atoms with Gasteiger partial charge in [0.05, 0.1) is 17.4 Å². The summed E-state index contributed by atoms with van der Waals surface area (Å²) < 4.78 is 0. The molecule has 5 heteroatoms. The van der Waals surface area contributed by atoms with Crippen molar-refractivity contribution in [2.75, 3.05) is 0 Å². The largest absolute Gasteiger partial charge is 0.399 e. The van der Waals surface area contributed by atoms with Gasteiger partial charge in [-0.25, -0.2) is 0 Å². The summed E-state index contributed by atoms with van der Waals surface area (Å²) in [5.74, 6) is 0. The zero-order valence-electron chi connectivity index (χ0n) is 9.14. The fourth-order valence-electron chi connectivity index (χ4n) is 1.98. The van der Waals surface area contributed by atoms with Gasteiger partial charge in [-0.05, 0) is 36.0 Å². The molecule has 1 aromatic heterocycles. The summed E-state index contributed by atoms with van der Waals surface area (Å²) in [6.07, 6.45) is 7.18. The van der Waals surface area contributed by atoms with Crippen LogP contribution in [0, 0.1) is 0 Å². The lowest BCUT2D eigenvalue weighted by atomic mass is 9.94. The predicted molar refractivity (Wildman–Crippen MR) is 66.5 cm³/mol. The highest BCUT2D eigenvalue weighted by atomic mass is 15.1. The van der Waals surface area contributed by atoms with Gasteiger partial charge in [0.1, 0.15) is 0 Å². The third-order valence-corrected chi connectivity index (χ3v) is 3.03. The molecule has 86 valence electrons. The van der Waals surface area contributed by atoms with E-state index in [1.165, 1.54) is 0 Å². The van der Waals surface area contributed by atoms with E-state index in [1.807, 2.05) is 24.3 Å². The second-order valence-corrected chi connectivity index (χ2v) is 4.11. The van der Waals surface area contributed by atoms with Crippen LogP contribution in [0.25, 0.3) is 10.9 Å². The molecule has 0 radical (unpaired) electrons. The molecule has 1 aliphatic rings. The van der Waals surface area contributed by atoms with E-state index < -0.39 is 5.66 Å². The molecule has 1 atom stereocenters. The van der Waals surface area contributed by atoms with Crippen molar-refractivity contribution in [3.63, 3.8) is 0 Å². The molecule has 0 saturated carbocycles. The molecule has 0 fully saturated rings. The Hall–Kier alpha value is -2.27. The first-order chi connectivity index (χ1) is 8.20. The smallest absolute Gasteiger partial charge is 0.153 e. The summed E-state index contributed by atoms with van der Waals surface area (Å²) in [6.45, 7) is 0. The average molecular weight is 227 g/mol. The van der Waals surface area contributed by atoms with E-state index in [4.69, 9.17) is 11.5 Å². The van der Waals surface area contributed by atoms with Crippen LogP contribution >= 0.6 is 0 Å². The zero-order valence-corrected chi connectivity index (χ0v) is 9.14. The Bertz CT molecular complexity index is 625. The van der Waals surface area contributed by atoms with Crippen molar-refractivity contribution in [3.8, 4) is 0 Å². The van der Waals surface area contributed by atoms with Gasteiger partial charge >= 0.3 is 0 Å². The quantitative estimate of drug-likeness (QED) is 0.575. The minimum atomic E-state index is -0.847. The van der Waals surface area contributed by atoms with Gasteiger partial charge in [-0.1, -0.05) is 6.07 Å². The van der Waals surface area contributed by atoms with Gasteiger partial charge in [0.15, 0.2) is 5.66 Å². The fourth-order valence-corrected chi connectivity index (χ4v) is 1.98. The molecule has 0 amide bonds. The maximum absolute atomic E-state index is 6.30. The van der Waals surface area contributed by atoms with Crippen LogP contribution in [0.4, 0.5) is 0 Å².